The van der Waals surface area contributed by atoms with E-state index in [9.17, 15) is 0 Å². The molecule has 1 aliphatic rings. The summed E-state index contributed by atoms with van der Waals surface area (Å²) in [4.78, 5) is 0. The molecule has 1 aromatic heterocycles. The molecule has 0 unspecified atom stereocenters. The maximum atomic E-state index is 9.16. The van der Waals surface area contributed by atoms with Crippen molar-refractivity contribution in [2.24, 2.45) is 5.16 Å². The van der Waals surface area contributed by atoms with Crippen LogP contribution in [0.1, 0.15) is 30.3 Å². The molecule has 6 heteroatoms. The van der Waals surface area contributed by atoms with E-state index in [1.165, 1.54) is 0 Å². The summed E-state index contributed by atoms with van der Waals surface area (Å²) in [6, 6.07) is 9.74. The van der Waals surface area contributed by atoms with Crippen LogP contribution in [0.3, 0.4) is 0 Å². The Morgan fingerprint density at radius 3 is 2.71 bits per heavy atom. The van der Waals surface area contributed by atoms with E-state index in [2.05, 4.69) is 20.7 Å². The van der Waals surface area contributed by atoms with Gasteiger partial charge in [-0.05, 0) is 23.3 Å². The molecular weight excluding hydrogens is 218 g/mol. The van der Waals surface area contributed by atoms with Crippen LogP contribution in [0.2, 0.25) is 0 Å². The first-order valence-corrected chi connectivity index (χ1v) is 5.46. The number of benzene rings is 1. The molecule has 1 aliphatic carbocycles. The number of aromatic nitrogens is 4. The highest BCUT2D eigenvalue weighted by atomic mass is 16.4. The lowest BCUT2D eigenvalue weighted by atomic mass is 10.1. The van der Waals surface area contributed by atoms with Crippen molar-refractivity contribution in [3.05, 3.63) is 41.7 Å². The highest BCUT2D eigenvalue weighted by molar-refractivity contribution is 6.10. The molecule has 0 bridgehead atoms. The minimum absolute atomic E-state index is 0.348. The van der Waals surface area contributed by atoms with E-state index in [0.717, 1.165) is 18.4 Å². The van der Waals surface area contributed by atoms with E-state index in [1.807, 2.05) is 30.3 Å². The third-order valence-corrected chi connectivity index (χ3v) is 2.74. The predicted octanol–water partition coefficient (Wildman–Crippen LogP) is 1.23. The lowest BCUT2D eigenvalue weighted by Gasteiger charge is -2.04. The first-order chi connectivity index (χ1) is 8.40. The fourth-order valence-corrected chi connectivity index (χ4v) is 1.74. The number of tetrazole rings is 1. The lowest BCUT2D eigenvalue weighted by Crippen LogP contribution is -2.13. The van der Waals surface area contributed by atoms with Gasteiger partial charge in [0, 0.05) is 5.56 Å². The maximum Gasteiger partial charge on any atom is 0.204 e. The van der Waals surface area contributed by atoms with E-state index >= 15 is 0 Å². The van der Waals surface area contributed by atoms with Gasteiger partial charge in [0.25, 0.3) is 0 Å². The molecule has 0 atom stereocenters. The second-order valence-corrected chi connectivity index (χ2v) is 3.99. The van der Waals surface area contributed by atoms with Gasteiger partial charge in [-0.3, -0.25) is 0 Å². The molecule has 0 saturated heterocycles. The molecule has 1 saturated carbocycles. The van der Waals surface area contributed by atoms with E-state index in [-0.39, 0.29) is 0 Å². The van der Waals surface area contributed by atoms with Crippen LogP contribution >= 0.6 is 0 Å². The zero-order valence-corrected chi connectivity index (χ0v) is 9.06. The zero-order chi connectivity index (χ0) is 11.7. The first kappa shape index (κ1) is 9.95. The number of nitrogens with zero attached hydrogens (tertiary/aromatic N) is 5. The largest absolute Gasteiger partial charge is 0.410 e. The average molecular weight is 229 g/mol. The molecule has 0 radical (unpaired) electrons. The van der Waals surface area contributed by atoms with Crippen LogP contribution in [0.5, 0.6) is 0 Å². The molecule has 1 heterocycles. The van der Waals surface area contributed by atoms with Crippen LogP contribution in [0.25, 0.3) is 0 Å². The molecular formula is C11H11N5O. The summed E-state index contributed by atoms with van der Waals surface area (Å²) in [6.45, 7) is 0. The van der Waals surface area contributed by atoms with Gasteiger partial charge in [-0.1, -0.05) is 35.5 Å². The SMILES string of the molecule is ON=C(c1ccccc1)c1nnnn1C1CC1. The van der Waals surface area contributed by atoms with Gasteiger partial charge < -0.3 is 5.21 Å². The van der Waals surface area contributed by atoms with Crippen molar-refractivity contribution in [3.63, 3.8) is 0 Å². The van der Waals surface area contributed by atoms with Crippen molar-refractivity contribution in [3.8, 4) is 0 Å². The lowest BCUT2D eigenvalue weighted by molar-refractivity contribution is 0.319. The molecule has 17 heavy (non-hydrogen) atoms. The monoisotopic (exact) mass is 229 g/mol. The summed E-state index contributed by atoms with van der Waals surface area (Å²) in [5, 5.41) is 24.0. The van der Waals surface area contributed by atoms with E-state index in [1.54, 1.807) is 4.68 Å². The number of rotatable bonds is 3. The van der Waals surface area contributed by atoms with Crippen molar-refractivity contribution >= 4 is 5.71 Å². The smallest absolute Gasteiger partial charge is 0.204 e. The highest BCUT2D eigenvalue weighted by Gasteiger charge is 2.29. The summed E-state index contributed by atoms with van der Waals surface area (Å²) >= 11 is 0. The van der Waals surface area contributed by atoms with Crippen molar-refractivity contribution < 1.29 is 5.21 Å². The Bertz CT molecular complexity index is 544. The molecule has 1 aromatic carbocycles. The van der Waals surface area contributed by atoms with E-state index < -0.39 is 0 Å². The third-order valence-electron chi connectivity index (χ3n) is 2.74. The van der Waals surface area contributed by atoms with Crippen LogP contribution in [0, 0.1) is 0 Å². The molecule has 2 aromatic rings. The van der Waals surface area contributed by atoms with E-state index in [0.29, 0.717) is 17.6 Å². The second kappa shape index (κ2) is 3.97. The molecule has 0 aliphatic heterocycles. The van der Waals surface area contributed by atoms with Crippen LogP contribution in [-0.2, 0) is 0 Å². The average Bonchev–Trinajstić information content (AvgIpc) is 3.12. The van der Waals surface area contributed by atoms with Crippen molar-refractivity contribution in [2.75, 3.05) is 0 Å². The summed E-state index contributed by atoms with van der Waals surface area (Å²) in [5.41, 5.74) is 1.20. The van der Waals surface area contributed by atoms with Crippen LogP contribution in [0.15, 0.2) is 35.5 Å². The number of hydrogen-bond acceptors (Lipinski definition) is 5. The minimum atomic E-state index is 0.348. The third kappa shape index (κ3) is 1.77. The Labute approximate surface area is 97.6 Å². The van der Waals surface area contributed by atoms with Gasteiger partial charge in [-0.15, -0.1) is 5.10 Å². The van der Waals surface area contributed by atoms with Gasteiger partial charge >= 0.3 is 0 Å². The second-order valence-electron chi connectivity index (χ2n) is 3.99. The fourth-order valence-electron chi connectivity index (χ4n) is 1.74. The van der Waals surface area contributed by atoms with Crippen molar-refractivity contribution in [2.45, 2.75) is 18.9 Å². The normalized spacial score (nSPS) is 16.1. The summed E-state index contributed by atoms with van der Waals surface area (Å²) in [6.07, 6.45) is 2.15. The number of hydrogen-bond donors (Lipinski definition) is 1. The van der Waals surface area contributed by atoms with Gasteiger partial charge in [0.2, 0.25) is 5.82 Å². The molecule has 0 spiro atoms. The molecule has 6 nitrogen and oxygen atoms in total. The van der Waals surface area contributed by atoms with Crippen molar-refractivity contribution in [1.29, 1.82) is 0 Å². The number of oxime groups is 1. The Kier molecular flexibility index (Phi) is 2.32. The quantitative estimate of drug-likeness (QED) is 0.488. The van der Waals surface area contributed by atoms with Crippen LogP contribution in [0.4, 0.5) is 0 Å². The summed E-state index contributed by atoms with van der Waals surface area (Å²) < 4.78 is 1.72. The molecule has 86 valence electrons. The Morgan fingerprint density at radius 2 is 2.06 bits per heavy atom. The van der Waals surface area contributed by atoms with Gasteiger partial charge in [0.1, 0.15) is 0 Å². The van der Waals surface area contributed by atoms with Gasteiger partial charge in [-0.2, -0.15) is 0 Å². The van der Waals surface area contributed by atoms with E-state index in [4.69, 9.17) is 5.21 Å². The van der Waals surface area contributed by atoms with Gasteiger partial charge in [0.05, 0.1) is 6.04 Å². The molecule has 1 fully saturated rings. The van der Waals surface area contributed by atoms with Crippen LogP contribution < -0.4 is 0 Å². The predicted molar refractivity (Wildman–Crippen MR) is 60.0 cm³/mol. The van der Waals surface area contributed by atoms with Gasteiger partial charge in [-0.25, -0.2) is 4.68 Å². The zero-order valence-electron chi connectivity index (χ0n) is 9.06. The topological polar surface area (TPSA) is 76.2 Å². The molecule has 3 rings (SSSR count). The fraction of sp³-hybridized carbons (Fsp3) is 0.273. The Morgan fingerprint density at radius 1 is 1.29 bits per heavy atom. The summed E-state index contributed by atoms with van der Waals surface area (Å²) in [5.74, 6) is 0.515. The van der Waals surface area contributed by atoms with Gasteiger partial charge in [0.15, 0.2) is 5.71 Å². The first-order valence-electron chi connectivity index (χ1n) is 5.46. The molecule has 1 N–H and O–H groups in total. The Hall–Kier alpha value is -2.24. The van der Waals surface area contributed by atoms with Crippen molar-refractivity contribution in [1.82, 2.24) is 20.2 Å². The highest BCUT2D eigenvalue weighted by Crippen LogP contribution is 2.34. The Balaban J connectivity index is 2.04. The minimum Gasteiger partial charge on any atom is -0.410 e. The maximum absolute atomic E-state index is 9.16. The van der Waals surface area contributed by atoms with Crippen LogP contribution in [-0.4, -0.2) is 31.1 Å². The molecule has 0 amide bonds. The standard InChI is InChI=1S/C11H11N5O/c17-13-10(8-4-2-1-3-5-8)11-12-14-15-16(11)9-6-7-9/h1-5,9,17H,6-7H2. The summed E-state index contributed by atoms with van der Waals surface area (Å²) in [7, 11) is 0.